The fraction of sp³-hybridized carbons (Fsp3) is 0.286. The normalized spacial score (nSPS) is 16.0. The first kappa shape index (κ1) is 22.1. The van der Waals surface area contributed by atoms with E-state index in [1.165, 1.54) is 7.11 Å². The lowest BCUT2D eigenvalue weighted by atomic mass is 9.98. The van der Waals surface area contributed by atoms with Gasteiger partial charge in [0, 0.05) is 22.5 Å². The highest BCUT2D eigenvalue weighted by Crippen LogP contribution is 2.33. The highest BCUT2D eigenvalue weighted by Gasteiger charge is 2.22. The number of aromatic nitrogens is 2. The average Bonchev–Trinajstić information content (AvgIpc) is 3.16. The number of hydrogen-bond donors (Lipinski definition) is 3. The molecule has 1 amide bonds. The predicted molar refractivity (Wildman–Crippen MR) is 119 cm³/mol. The molecule has 2 heterocycles. The van der Waals surface area contributed by atoms with Gasteiger partial charge in [-0.2, -0.15) is 5.10 Å². The fourth-order valence-corrected chi connectivity index (χ4v) is 3.79. The molecule has 0 saturated carbocycles. The van der Waals surface area contributed by atoms with Crippen molar-refractivity contribution in [3.05, 3.63) is 47.0 Å². The van der Waals surface area contributed by atoms with Crippen molar-refractivity contribution < 1.29 is 14.3 Å². The van der Waals surface area contributed by atoms with E-state index in [1.807, 2.05) is 18.2 Å². The van der Waals surface area contributed by atoms with Crippen molar-refractivity contribution in [2.24, 2.45) is 5.92 Å². The van der Waals surface area contributed by atoms with E-state index < -0.39 is 5.97 Å². The summed E-state index contributed by atoms with van der Waals surface area (Å²) in [6, 6.07) is 10.6. The van der Waals surface area contributed by atoms with Crippen LogP contribution in [0.5, 0.6) is 0 Å². The molecule has 1 aliphatic rings. The third-order valence-electron chi connectivity index (χ3n) is 5.17. The number of halogens is 2. The van der Waals surface area contributed by atoms with Crippen molar-refractivity contribution in [2.75, 3.05) is 25.5 Å². The molecule has 7 nitrogen and oxygen atoms in total. The van der Waals surface area contributed by atoms with Gasteiger partial charge in [0.2, 0.25) is 5.91 Å². The fourth-order valence-electron chi connectivity index (χ4n) is 3.56. The van der Waals surface area contributed by atoms with Gasteiger partial charge in [-0.3, -0.25) is 9.89 Å². The number of anilines is 1. The van der Waals surface area contributed by atoms with Gasteiger partial charge < -0.3 is 15.4 Å². The van der Waals surface area contributed by atoms with Gasteiger partial charge in [-0.25, -0.2) is 4.79 Å². The van der Waals surface area contributed by atoms with Crippen LogP contribution in [0.2, 0.25) is 5.02 Å². The Morgan fingerprint density at radius 3 is 2.80 bits per heavy atom. The molecule has 0 aliphatic carbocycles. The minimum Gasteiger partial charge on any atom is -0.465 e. The zero-order valence-corrected chi connectivity index (χ0v) is 17.9. The van der Waals surface area contributed by atoms with Crippen LogP contribution in [0.15, 0.2) is 36.4 Å². The van der Waals surface area contributed by atoms with E-state index in [2.05, 4.69) is 20.8 Å². The number of amides is 1. The zero-order chi connectivity index (χ0) is 20.4. The second-order valence-corrected chi connectivity index (χ2v) is 7.46. The third-order valence-corrected chi connectivity index (χ3v) is 5.50. The molecular formula is C21H22Cl2N4O3. The van der Waals surface area contributed by atoms with E-state index in [-0.39, 0.29) is 24.2 Å². The molecule has 0 bridgehead atoms. The first-order valence-electron chi connectivity index (χ1n) is 9.45. The first-order valence-corrected chi connectivity index (χ1v) is 9.82. The number of carbonyl (C=O) groups excluding carboxylic acids is 2. The van der Waals surface area contributed by atoms with Gasteiger partial charge in [0.05, 0.1) is 24.1 Å². The molecule has 2 aromatic carbocycles. The van der Waals surface area contributed by atoms with Crippen LogP contribution < -0.4 is 10.6 Å². The zero-order valence-electron chi connectivity index (χ0n) is 16.3. The second kappa shape index (κ2) is 9.47. The topological polar surface area (TPSA) is 96.1 Å². The van der Waals surface area contributed by atoms with Gasteiger partial charge in [0.1, 0.15) is 0 Å². The molecule has 9 heteroatoms. The summed E-state index contributed by atoms with van der Waals surface area (Å²) < 4.78 is 4.80. The van der Waals surface area contributed by atoms with Crippen LogP contribution in [0.25, 0.3) is 22.0 Å². The maximum Gasteiger partial charge on any atom is 0.337 e. The van der Waals surface area contributed by atoms with Crippen LogP contribution in [0.3, 0.4) is 0 Å². The van der Waals surface area contributed by atoms with Gasteiger partial charge in [0.15, 0.2) is 5.82 Å². The standard InChI is InChI=1S/C21H21ClN4O3.ClH/c1-29-21(28)13-4-6-17(22)15(10-13)12-5-7-18-16(9-12)19(26-25-18)24-20(27)14-3-2-8-23-11-14;/h4-7,9-10,14,23H,2-3,8,11H2,1H3,(H2,24,25,26,27);1H/t14-;/m1./s1. The number of ether oxygens (including phenoxy) is 1. The molecule has 1 aliphatic heterocycles. The Bertz CT molecular complexity index is 1080. The Kier molecular flexibility index (Phi) is 6.97. The largest absolute Gasteiger partial charge is 0.465 e. The van der Waals surface area contributed by atoms with Crippen LogP contribution in [-0.4, -0.2) is 42.3 Å². The van der Waals surface area contributed by atoms with Crippen LogP contribution in [-0.2, 0) is 9.53 Å². The summed E-state index contributed by atoms with van der Waals surface area (Å²) in [6.45, 7) is 1.62. The monoisotopic (exact) mass is 448 g/mol. The second-order valence-electron chi connectivity index (χ2n) is 7.05. The van der Waals surface area contributed by atoms with Gasteiger partial charge in [-0.1, -0.05) is 17.7 Å². The number of hydrogen-bond acceptors (Lipinski definition) is 5. The number of fused-ring (bicyclic) bond motifs is 1. The minimum atomic E-state index is -0.429. The van der Waals surface area contributed by atoms with Gasteiger partial charge in [0.25, 0.3) is 0 Å². The molecule has 3 aromatic rings. The molecule has 3 N–H and O–H groups in total. The number of methoxy groups -OCH3 is 1. The lowest BCUT2D eigenvalue weighted by molar-refractivity contribution is -0.120. The van der Waals surface area contributed by atoms with Crippen LogP contribution >= 0.6 is 24.0 Å². The van der Waals surface area contributed by atoms with E-state index in [1.54, 1.807) is 18.2 Å². The Labute approximate surface area is 184 Å². The maximum atomic E-state index is 12.6. The van der Waals surface area contributed by atoms with Crippen LogP contribution in [0, 0.1) is 5.92 Å². The number of carbonyl (C=O) groups is 2. The number of nitrogens with zero attached hydrogens (tertiary/aromatic N) is 1. The van der Waals surface area contributed by atoms with E-state index in [0.29, 0.717) is 28.5 Å². The summed E-state index contributed by atoms with van der Waals surface area (Å²) in [4.78, 5) is 24.5. The van der Waals surface area contributed by atoms with Crippen molar-refractivity contribution in [3.8, 4) is 11.1 Å². The highest BCUT2D eigenvalue weighted by molar-refractivity contribution is 6.33. The van der Waals surface area contributed by atoms with Crippen molar-refractivity contribution >= 4 is 52.6 Å². The quantitative estimate of drug-likeness (QED) is 0.523. The number of aromatic amines is 1. The summed E-state index contributed by atoms with van der Waals surface area (Å²) >= 11 is 6.38. The summed E-state index contributed by atoms with van der Waals surface area (Å²) in [5.74, 6) is -0.0504. The molecule has 1 fully saturated rings. The molecule has 0 unspecified atom stereocenters. The van der Waals surface area contributed by atoms with E-state index in [0.717, 1.165) is 35.9 Å². The summed E-state index contributed by atoms with van der Waals surface area (Å²) in [6.07, 6.45) is 1.85. The van der Waals surface area contributed by atoms with Crippen LogP contribution in [0.4, 0.5) is 5.82 Å². The molecule has 1 saturated heterocycles. The maximum absolute atomic E-state index is 12.6. The van der Waals surface area contributed by atoms with Crippen molar-refractivity contribution in [1.29, 1.82) is 0 Å². The number of rotatable bonds is 4. The number of piperidine rings is 1. The predicted octanol–water partition coefficient (Wildman–Crippen LogP) is 4.03. The van der Waals surface area contributed by atoms with Crippen molar-refractivity contribution in [2.45, 2.75) is 12.8 Å². The van der Waals surface area contributed by atoms with Gasteiger partial charge >= 0.3 is 5.97 Å². The number of H-pyrrole nitrogens is 1. The third kappa shape index (κ3) is 4.43. The lowest BCUT2D eigenvalue weighted by Crippen LogP contribution is -2.37. The Hall–Kier alpha value is -2.61. The molecule has 1 atom stereocenters. The lowest BCUT2D eigenvalue weighted by Gasteiger charge is -2.21. The summed E-state index contributed by atoms with van der Waals surface area (Å²) in [7, 11) is 1.34. The molecule has 1 aromatic heterocycles. The SMILES string of the molecule is COC(=O)c1ccc(Cl)c(-c2ccc3[nH]nc(NC(=O)[C@@H]4CCCNC4)c3c2)c1.Cl. The number of esters is 1. The van der Waals surface area contributed by atoms with E-state index in [9.17, 15) is 9.59 Å². The molecule has 4 rings (SSSR count). The Balaban J connectivity index is 0.00000256. The average molecular weight is 449 g/mol. The van der Waals surface area contributed by atoms with E-state index in [4.69, 9.17) is 16.3 Å². The van der Waals surface area contributed by atoms with Crippen molar-refractivity contribution in [1.82, 2.24) is 15.5 Å². The van der Waals surface area contributed by atoms with Gasteiger partial charge in [-0.15, -0.1) is 12.4 Å². The molecule has 158 valence electrons. The highest BCUT2D eigenvalue weighted by atomic mass is 35.5. The van der Waals surface area contributed by atoms with Crippen molar-refractivity contribution in [3.63, 3.8) is 0 Å². The first-order chi connectivity index (χ1) is 14.1. The van der Waals surface area contributed by atoms with E-state index >= 15 is 0 Å². The smallest absolute Gasteiger partial charge is 0.337 e. The Morgan fingerprint density at radius 1 is 1.23 bits per heavy atom. The molecular weight excluding hydrogens is 427 g/mol. The number of nitrogens with one attached hydrogen (secondary N) is 3. The van der Waals surface area contributed by atoms with Gasteiger partial charge in [-0.05, 0) is 55.3 Å². The summed E-state index contributed by atoms with van der Waals surface area (Å²) in [5, 5.41) is 14.7. The molecule has 0 spiro atoms. The summed E-state index contributed by atoms with van der Waals surface area (Å²) in [5.41, 5.74) is 2.72. The molecule has 30 heavy (non-hydrogen) atoms. The number of benzene rings is 2. The molecule has 0 radical (unpaired) electrons. The minimum absolute atomic E-state index is 0. The Morgan fingerprint density at radius 2 is 2.07 bits per heavy atom. The van der Waals surface area contributed by atoms with Crippen LogP contribution in [0.1, 0.15) is 23.2 Å².